The second-order valence-electron chi connectivity index (χ2n) is 8.05. The molecule has 0 bridgehead atoms. The van der Waals surface area contributed by atoms with Crippen LogP contribution in [0.4, 0.5) is 0 Å². The molecule has 1 aromatic rings. The third-order valence-corrected chi connectivity index (χ3v) is 5.64. The van der Waals surface area contributed by atoms with Gasteiger partial charge in [-0.2, -0.15) is 0 Å². The predicted octanol–water partition coefficient (Wildman–Crippen LogP) is 2.48. The van der Waals surface area contributed by atoms with Gasteiger partial charge in [0.25, 0.3) is 0 Å². The van der Waals surface area contributed by atoms with E-state index in [-0.39, 0.29) is 24.0 Å². The molecule has 2 fully saturated rings. The van der Waals surface area contributed by atoms with Crippen molar-refractivity contribution in [2.75, 3.05) is 79.2 Å². The molecule has 0 amide bonds. The Morgan fingerprint density at radius 2 is 1.77 bits per heavy atom. The number of hydrogen-bond donors (Lipinski definition) is 1. The average Bonchev–Trinajstić information content (AvgIpc) is 2.76. The number of hydrogen-bond acceptors (Lipinski definition) is 4. The predicted molar refractivity (Wildman–Crippen MR) is 137 cm³/mol. The summed E-state index contributed by atoms with van der Waals surface area (Å²) in [6.07, 6.45) is 4.48. The van der Waals surface area contributed by atoms with Gasteiger partial charge < -0.3 is 15.0 Å². The molecule has 2 aliphatic rings. The Bertz CT molecular complexity index is 640. The van der Waals surface area contributed by atoms with Crippen LogP contribution in [-0.2, 0) is 4.74 Å². The van der Waals surface area contributed by atoms with E-state index < -0.39 is 0 Å². The van der Waals surface area contributed by atoms with Crippen LogP contribution in [0.3, 0.4) is 0 Å². The van der Waals surface area contributed by atoms with Crippen molar-refractivity contribution >= 4 is 36.0 Å². The smallest absolute Gasteiger partial charge is 0.193 e. The van der Waals surface area contributed by atoms with Gasteiger partial charge >= 0.3 is 0 Å². The maximum Gasteiger partial charge on any atom is 0.193 e. The molecule has 30 heavy (non-hydrogen) atoms. The molecular formula is C23H38IN5O. The van der Waals surface area contributed by atoms with Gasteiger partial charge in [-0.15, -0.1) is 24.0 Å². The van der Waals surface area contributed by atoms with Crippen LogP contribution in [0.15, 0.2) is 41.4 Å². The molecule has 2 saturated heterocycles. The topological polar surface area (TPSA) is 43.3 Å². The van der Waals surface area contributed by atoms with Gasteiger partial charge in [0.2, 0.25) is 0 Å². The first-order chi connectivity index (χ1) is 14.2. The normalized spacial score (nSPS) is 20.2. The summed E-state index contributed by atoms with van der Waals surface area (Å²) in [5, 5.41) is 3.59. The monoisotopic (exact) mass is 527 g/mol. The van der Waals surface area contributed by atoms with E-state index in [4.69, 9.17) is 4.74 Å². The van der Waals surface area contributed by atoms with Crippen molar-refractivity contribution in [2.45, 2.75) is 6.92 Å². The highest BCUT2D eigenvalue weighted by Gasteiger charge is 2.20. The lowest BCUT2D eigenvalue weighted by Gasteiger charge is -2.36. The number of halogens is 1. The summed E-state index contributed by atoms with van der Waals surface area (Å²) in [5.74, 6) is 1.63. The Kier molecular flexibility index (Phi) is 11.7. The zero-order valence-corrected chi connectivity index (χ0v) is 20.8. The molecule has 1 aromatic carbocycles. The maximum absolute atomic E-state index is 5.44. The van der Waals surface area contributed by atoms with Gasteiger partial charge in [0, 0.05) is 66.0 Å². The molecule has 1 unspecified atom stereocenters. The second-order valence-corrected chi connectivity index (χ2v) is 8.05. The minimum Gasteiger partial charge on any atom is -0.379 e. The van der Waals surface area contributed by atoms with Crippen LogP contribution >= 0.6 is 24.0 Å². The second kappa shape index (κ2) is 14.0. The molecule has 0 spiro atoms. The zero-order valence-electron chi connectivity index (χ0n) is 18.5. The van der Waals surface area contributed by atoms with E-state index >= 15 is 0 Å². The number of morpholine rings is 1. The summed E-state index contributed by atoms with van der Waals surface area (Å²) in [6.45, 7) is 13.4. The Morgan fingerprint density at radius 3 is 2.43 bits per heavy atom. The zero-order chi connectivity index (χ0) is 20.3. The molecule has 6 nitrogen and oxygen atoms in total. The summed E-state index contributed by atoms with van der Waals surface area (Å²) in [4.78, 5) is 11.9. The minimum absolute atomic E-state index is 0. The lowest BCUT2D eigenvalue weighted by Crippen LogP contribution is -2.53. The van der Waals surface area contributed by atoms with Crippen LogP contribution in [0.5, 0.6) is 0 Å². The summed E-state index contributed by atoms with van der Waals surface area (Å²) in [7, 11) is 1.89. The van der Waals surface area contributed by atoms with Crippen LogP contribution in [0.1, 0.15) is 12.5 Å². The molecule has 7 heteroatoms. The molecule has 0 aliphatic carbocycles. The van der Waals surface area contributed by atoms with Crippen molar-refractivity contribution in [1.82, 2.24) is 20.0 Å². The lowest BCUT2D eigenvalue weighted by molar-refractivity contribution is 0.0320. The van der Waals surface area contributed by atoms with Gasteiger partial charge in [0.1, 0.15) is 0 Å². The Morgan fingerprint density at radius 1 is 1.07 bits per heavy atom. The van der Waals surface area contributed by atoms with E-state index in [1.165, 1.54) is 5.56 Å². The first kappa shape index (κ1) is 25.1. The number of ether oxygens (including phenoxy) is 1. The van der Waals surface area contributed by atoms with Gasteiger partial charge in [-0.1, -0.05) is 49.4 Å². The average molecular weight is 527 g/mol. The quantitative estimate of drug-likeness (QED) is 0.336. The molecule has 0 aromatic heterocycles. The van der Waals surface area contributed by atoms with Crippen LogP contribution in [-0.4, -0.2) is 99.8 Å². The largest absolute Gasteiger partial charge is 0.379 e. The minimum atomic E-state index is 0. The SMILES string of the molecule is CN=C(NCC(C)CN1CCOCC1)N1CCN(C/C=C/c2ccccc2)CC1.I. The van der Waals surface area contributed by atoms with Crippen LogP contribution in [0.2, 0.25) is 0 Å². The first-order valence-electron chi connectivity index (χ1n) is 10.9. The number of nitrogens with zero attached hydrogens (tertiary/aromatic N) is 4. The highest BCUT2D eigenvalue weighted by atomic mass is 127. The van der Waals surface area contributed by atoms with Crippen LogP contribution < -0.4 is 5.32 Å². The van der Waals surface area contributed by atoms with E-state index in [1.54, 1.807) is 0 Å². The van der Waals surface area contributed by atoms with E-state index in [0.29, 0.717) is 5.92 Å². The molecule has 1 atom stereocenters. The highest BCUT2D eigenvalue weighted by Crippen LogP contribution is 2.06. The van der Waals surface area contributed by atoms with Gasteiger partial charge in [-0.05, 0) is 11.5 Å². The Hall–Kier alpha value is -1.16. The summed E-state index contributed by atoms with van der Waals surface area (Å²) in [5.41, 5.74) is 1.27. The summed E-state index contributed by atoms with van der Waals surface area (Å²) in [6, 6.07) is 10.5. The summed E-state index contributed by atoms with van der Waals surface area (Å²) < 4.78 is 5.44. The Labute approximate surface area is 199 Å². The van der Waals surface area contributed by atoms with Crippen molar-refractivity contribution in [3.05, 3.63) is 42.0 Å². The highest BCUT2D eigenvalue weighted by molar-refractivity contribution is 14.0. The third-order valence-electron chi connectivity index (χ3n) is 5.64. The molecule has 2 aliphatic heterocycles. The fraction of sp³-hybridized carbons (Fsp3) is 0.609. The van der Waals surface area contributed by atoms with E-state index in [9.17, 15) is 0 Å². The molecular weight excluding hydrogens is 489 g/mol. The molecule has 168 valence electrons. The number of aliphatic imine (C=N–C) groups is 1. The van der Waals surface area contributed by atoms with Crippen LogP contribution in [0.25, 0.3) is 6.08 Å². The summed E-state index contributed by atoms with van der Waals surface area (Å²) >= 11 is 0. The van der Waals surface area contributed by atoms with Crippen molar-refractivity contribution in [3.63, 3.8) is 0 Å². The van der Waals surface area contributed by atoms with Gasteiger partial charge in [0.05, 0.1) is 13.2 Å². The number of benzene rings is 1. The maximum atomic E-state index is 5.44. The van der Waals surface area contributed by atoms with Crippen molar-refractivity contribution < 1.29 is 4.74 Å². The molecule has 2 heterocycles. The number of piperazine rings is 1. The van der Waals surface area contributed by atoms with Crippen molar-refractivity contribution in [2.24, 2.45) is 10.9 Å². The molecule has 3 rings (SSSR count). The fourth-order valence-corrected chi connectivity index (χ4v) is 3.93. The number of nitrogens with one attached hydrogen (secondary N) is 1. The Balaban J connectivity index is 0.00000320. The number of guanidine groups is 1. The van der Waals surface area contributed by atoms with E-state index in [1.807, 2.05) is 7.05 Å². The standard InChI is InChI=1S/C23H37N5O.HI/c1-21(20-27-15-17-29-18-16-27)19-25-23(24-2)28-13-11-26(12-14-28)10-6-9-22-7-4-3-5-8-22;/h3-9,21H,10-20H2,1-2H3,(H,24,25);1H/b9-6+;. The van der Waals surface area contributed by atoms with Gasteiger partial charge in [0.15, 0.2) is 5.96 Å². The fourth-order valence-electron chi connectivity index (χ4n) is 3.93. The molecule has 1 N–H and O–H groups in total. The van der Waals surface area contributed by atoms with E-state index in [0.717, 1.165) is 78.1 Å². The van der Waals surface area contributed by atoms with Crippen LogP contribution in [0, 0.1) is 5.92 Å². The number of rotatable bonds is 7. The lowest BCUT2D eigenvalue weighted by atomic mass is 10.1. The van der Waals surface area contributed by atoms with Crippen molar-refractivity contribution in [3.8, 4) is 0 Å². The van der Waals surface area contributed by atoms with Gasteiger partial charge in [-0.3, -0.25) is 14.8 Å². The van der Waals surface area contributed by atoms with Gasteiger partial charge in [-0.25, -0.2) is 0 Å². The molecule has 0 saturated carbocycles. The third kappa shape index (κ3) is 8.53. The van der Waals surface area contributed by atoms with Crippen molar-refractivity contribution in [1.29, 1.82) is 0 Å². The molecule has 0 radical (unpaired) electrons. The van der Waals surface area contributed by atoms with E-state index in [2.05, 4.69) is 74.4 Å². The first-order valence-corrected chi connectivity index (χ1v) is 10.9.